The van der Waals surface area contributed by atoms with E-state index in [-0.39, 0.29) is 20.1 Å². The van der Waals surface area contributed by atoms with Crippen LogP contribution in [-0.2, 0) is 20.1 Å². The summed E-state index contributed by atoms with van der Waals surface area (Å²) in [5.74, 6) is 0.435. The molecule has 0 unspecified atom stereocenters. The molecule has 5 heteroatoms. The Kier molecular flexibility index (Phi) is 10.6. The Morgan fingerprint density at radius 1 is 0.771 bits per heavy atom. The molecule has 7 aromatic rings. The fourth-order valence-corrected chi connectivity index (χ4v) is 7.29. The summed E-state index contributed by atoms with van der Waals surface area (Å²) >= 11 is 0. The molecule has 3 aromatic heterocycles. The third-order valence-corrected chi connectivity index (χ3v) is 10.7. The summed E-state index contributed by atoms with van der Waals surface area (Å²) < 4.78 is 6.43. The molecular formula is C43H42IrN2OSi-2. The summed E-state index contributed by atoms with van der Waals surface area (Å²) in [5.41, 5.74) is 13.1. The second-order valence-corrected chi connectivity index (χ2v) is 18.8. The van der Waals surface area contributed by atoms with Crippen molar-refractivity contribution < 1.29 is 24.5 Å². The van der Waals surface area contributed by atoms with E-state index in [1.807, 2.05) is 48.8 Å². The van der Waals surface area contributed by atoms with Crippen LogP contribution >= 0.6 is 0 Å². The van der Waals surface area contributed by atoms with Gasteiger partial charge in [0.2, 0.25) is 0 Å². The summed E-state index contributed by atoms with van der Waals surface area (Å²) in [6.45, 7) is 17.9. The first kappa shape index (κ1) is 35.2. The Morgan fingerprint density at radius 3 is 2.15 bits per heavy atom. The van der Waals surface area contributed by atoms with Gasteiger partial charge >= 0.3 is 0 Å². The van der Waals surface area contributed by atoms with Crippen LogP contribution < -0.4 is 5.19 Å². The molecule has 0 N–H and O–H groups in total. The number of rotatable bonds is 5. The molecule has 3 heterocycles. The van der Waals surface area contributed by atoms with Gasteiger partial charge in [-0.05, 0) is 60.8 Å². The molecule has 0 aliphatic heterocycles. The Morgan fingerprint density at radius 2 is 1.50 bits per heavy atom. The van der Waals surface area contributed by atoms with Crippen LogP contribution in [0.1, 0.15) is 42.0 Å². The zero-order chi connectivity index (χ0) is 33.3. The van der Waals surface area contributed by atoms with E-state index in [2.05, 4.69) is 131 Å². The minimum atomic E-state index is -1.23. The van der Waals surface area contributed by atoms with Gasteiger partial charge in [-0.25, -0.2) is 0 Å². The molecule has 48 heavy (non-hydrogen) atoms. The molecule has 0 aliphatic rings. The Labute approximate surface area is 299 Å². The van der Waals surface area contributed by atoms with Crippen LogP contribution in [0.25, 0.3) is 55.6 Å². The zero-order valence-electron chi connectivity index (χ0n) is 29.0. The SMILES string of the molecule is C[Si](C)(C)c1ccc(-c2[c-]cccc2)nc1.Cc1cc(C)c(-c2c[c-]c(-c3cc(C(C)C)ccn3)c3oc4ccccc4c23)c(C)c1.[Ir]. The number of aromatic nitrogens is 2. The van der Waals surface area contributed by atoms with Crippen molar-refractivity contribution in [2.75, 3.05) is 0 Å². The topological polar surface area (TPSA) is 38.9 Å². The van der Waals surface area contributed by atoms with E-state index in [4.69, 9.17) is 4.42 Å². The molecule has 3 nitrogen and oxygen atoms in total. The van der Waals surface area contributed by atoms with E-state index in [1.165, 1.54) is 38.6 Å². The summed E-state index contributed by atoms with van der Waals surface area (Å²) in [6, 6.07) is 38.1. The molecule has 1 radical (unpaired) electrons. The van der Waals surface area contributed by atoms with Gasteiger partial charge in [-0.2, -0.15) is 0 Å². The first-order valence-corrected chi connectivity index (χ1v) is 19.9. The number of furan rings is 1. The minimum Gasteiger partial charge on any atom is -0.501 e. The molecule has 245 valence electrons. The van der Waals surface area contributed by atoms with Crippen molar-refractivity contribution in [3.8, 4) is 33.6 Å². The summed E-state index contributed by atoms with van der Waals surface area (Å²) in [7, 11) is -1.23. The Bertz CT molecular complexity index is 2160. The standard InChI is InChI=1S/C29H26NO.C14H16NSi.Ir/c1-17(2)21-12-13-30-25(16-21)22-10-11-24(27-19(4)14-18(3)15-20(27)5)28-23-8-6-7-9-26(23)31-29(22)28;1-16(2,3)13-9-10-14(15-11-13)12-7-5-4-6-8-12;/h6-9,11-17H,1-5H3;4-7,9-11H,1-3H3;/q2*-1;. The summed E-state index contributed by atoms with van der Waals surface area (Å²) in [4.78, 5) is 9.19. The van der Waals surface area contributed by atoms with Crippen molar-refractivity contribution in [1.82, 2.24) is 9.97 Å². The average Bonchev–Trinajstić information content (AvgIpc) is 3.45. The van der Waals surface area contributed by atoms with Gasteiger partial charge in [-0.3, -0.25) is 0 Å². The van der Waals surface area contributed by atoms with Crippen molar-refractivity contribution in [2.45, 2.75) is 60.2 Å². The fraction of sp³-hybridized carbons (Fsp3) is 0.209. The van der Waals surface area contributed by atoms with Crippen LogP contribution in [0.3, 0.4) is 0 Å². The maximum atomic E-state index is 6.43. The van der Waals surface area contributed by atoms with Crippen molar-refractivity contribution in [2.24, 2.45) is 0 Å². The number of benzene rings is 4. The third-order valence-electron chi connectivity index (χ3n) is 8.72. The van der Waals surface area contributed by atoms with E-state index in [0.29, 0.717) is 5.92 Å². The maximum Gasteiger partial charge on any atom is 0.120 e. The first-order valence-electron chi connectivity index (χ1n) is 16.4. The second-order valence-electron chi connectivity index (χ2n) is 13.7. The molecule has 0 atom stereocenters. The minimum absolute atomic E-state index is 0. The monoisotopic (exact) mass is 823 g/mol. The largest absolute Gasteiger partial charge is 0.501 e. The van der Waals surface area contributed by atoms with Crippen molar-refractivity contribution in [3.63, 3.8) is 0 Å². The molecule has 0 bridgehead atoms. The number of fused-ring (bicyclic) bond motifs is 3. The summed E-state index contributed by atoms with van der Waals surface area (Å²) in [6.07, 6.45) is 3.90. The molecule has 0 amide bonds. The van der Waals surface area contributed by atoms with Crippen molar-refractivity contribution in [1.29, 1.82) is 0 Å². The predicted molar refractivity (Wildman–Crippen MR) is 201 cm³/mol. The molecule has 4 aromatic carbocycles. The Hall–Kier alpha value is -4.15. The number of hydrogen-bond acceptors (Lipinski definition) is 3. The van der Waals surface area contributed by atoms with Crippen molar-refractivity contribution >= 4 is 35.2 Å². The first-order chi connectivity index (χ1) is 22.5. The molecule has 0 fully saturated rings. The van der Waals surface area contributed by atoms with Crippen LogP contribution in [0.4, 0.5) is 0 Å². The predicted octanol–water partition coefficient (Wildman–Crippen LogP) is 11.3. The van der Waals surface area contributed by atoms with E-state index in [1.54, 1.807) is 0 Å². The third kappa shape index (κ3) is 7.29. The van der Waals surface area contributed by atoms with Gasteiger partial charge in [0.1, 0.15) is 5.58 Å². The van der Waals surface area contributed by atoms with Gasteiger partial charge in [-0.15, -0.1) is 48.0 Å². The average molecular weight is 823 g/mol. The van der Waals surface area contributed by atoms with Gasteiger partial charge < -0.3 is 14.4 Å². The van der Waals surface area contributed by atoms with E-state index < -0.39 is 8.07 Å². The molecular weight excluding hydrogens is 781 g/mol. The Balaban J connectivity index is 0.000000224. The fourth-order valence-electron chi connectivity index (χ4n) is 6.26. The number of para-hydroxylation sites is 1. The van der Waals surface area contributed by atoms with E-state index in [9.17, 15) is 0 Å². The maximum absolute atomic E-state index is 6.43. The van der Waals surface area contributed by atoms with Gasteiger partial charge in [0, 0.05) is 37.9 Å². The normalized spacial score (nSPS) is 11.4. The number of nitrogens with zero attached hydrogens (tertiary/aromatic N) is 2. The van der Waals surface area contributed by atoms with Crippen LogP contribution in [0.2, 0.25) is 19.6 Å². The molecule has 0 saturated heterocycles. The van der Waals surface area contributed by atoms with E-state index in [0.717, 1.165) is 44.5 Å². The van der Waals surface area contributed by atoms with Crippen LogP contribution in [-0.4, -0.2) is 18.0 Å². The van der Waals surface area contributed by atoms with Crippen LogP contribution in [0.5, 0.6) is 0 Å². The van der Waals surface area contributed by atoms with Crippen LogP contribution in [0, 0.1) is 32.9 Å². The molecule has 0 spiro atoms. The van der Waals surface area contributed by atoms with Gasteiger partial charge in [-0.1, -0.05) is 121 Å². The van der Waals surface area contributed by atoms with Crippen LogP contribution in [0.15, 0.2) is 108 Å². The smallest absolute Gasteiger partial charge is 0.120 e. The number of hydrogen-bond donors (Lipinski definition) is 0. The molecule has 7 rings (SSSR count). The number of pyridine rings is 2. The number of aryl methyl sites for hydroxylation is 3. The molecule has 0 saturated carbocycles. The second kappa shape index (κ2) is 14.5. The summed E-state index contributed by atoms with van der Waals surface area (Å²) in [5, 5.41) is 3.66. The quantitative estimate of drug-likeness (QED) is 0.128. The van der Waals surface area contributed by atoms with Gasteiger partial charge in [0.15, 0.2) is 0 Å². The van der Waals surface area contributed by atoms with E-state index >= 15 is 0 Å². The molecule has 0 aliphatic carbocycles. The van der Waals surface area contributed by atoms with Crippen molar-refractivity contribution in [3.05, 3.63) is 138 Å². The zero-order valence-corrected chi connectivity index (χ0v) is 32.4. The van der Waals surface area contributed by atoms with Gasteiger partial charge in [0.25, 0.3) is 0 Å². The van der Waals surface area contributed by atoms with Gasteiger partial charge in [0.05, 0.1) is 13.7 Å².